The molecule has 2 heterocycles. The Kier molecular flexibility index (Phi) is 5.35. The van der Waals surface area contributed by atoms with Gasteiger partial charge >= 0.3 is 6.18 Å². The van der Waals surface area contributed by atoms with E-state index in [9.17, 15) is 18.0 Å². The highest BCUT2D eigenvalue weighted by atomic mass is 19.4. The van der Waals surface area contributed by atoms with Crippen molar-refractivity contribution in [1.82, 2.24) is 15.3 Å². The maximum atomic E-state index is 12.8. The van der Waals surface area contributed by atoms with E-state index in [-0.39, 0.29) is 24.0 Å². The third-order valence-electron chi connectivity index (χ3n) is 3.64. The maximum absolute atomic E-state index is 12.8. The monoisotopic (exact) mass is 372 g/mol. The fraction of sp³-hybridized carbons (Fsp3) is 0.105. The third kappa shape index (κ3) is 5.04. The molecule has 0 fully saturated rings. The van der Waals surface area contributed by atoms with Crippen LogP contribution in [-0.4, -0.2) is 15.9 Å². The molecule has 0 bridgehead atoms. The Morgan fingerprint density at radius 3 is 2.56 bits per heavy atom. The minimum absolute atomic E-state index is 0.225. The summed E-state index contributed by atoms with van der Waals surface area (Å²) >= 11 is 0. The molecule has 0 aliphatic rings. The van der Waals surface area contributed by atoms with E-state index in [1.165, 1.54) is 30.5 Å². The predicted octanol–water partition coefficient (Wildman–Crippen LogP) is 4.17. The van der Waals surface area contributed by atoms with Gasteiger partial charge in [0.1, 0.15) is 5.82 Å². The summed E-state index contributed by atoms with van der Waals surface area (Å²) in [5.41, 5.74) is 0.498. The Balaban J connectivity index is 1.69. The highest BCUT2D eigenvalue weighted by Gasteiger charge is 2.30. The van der Waals surface area contributed by atoms with Crippen LogP contribution in [0.1, 0.15) is 21.6 Å². The van der Waals surface area contributed by atoms with Crippen molar-refractivity contribution in [2.24, 2.45) is 0 Å². The molecule has 0 saturated carbocycles. The average Bonchev–Trinajstić information content (AvgIpc) is 2.67. The van der Waals surface area contributed by atoms with Crippen LogP contribution in [0.15, 0.2) is 67.0 Å². The number of anilines is 2. The van der Waals surface area contributed by atoms with E-state index >= 15 is 0 Å². The summed E-state index contributed by atoms with van der Waals surface area (Å²) in [7, 11) is 0. The smallest absolute Gasteiger partial charge is 0.346 e. The Labute approximate surface area is 153 Å². The van der Waals surface area contributed by atoms with E-state index in [1.54, 1.807) is 18.3 Å². The van der Waals surface area contributed by atoms with Crippen LogP contribution in [-0.2, 0) is 12.7 Å². The lowest BCUT2D eigenvalue weighted by Crippen LogP contribution is -2.23. The van der Waals surface area contributed by atoms with Crippen LogP contribution in [0.3, 0.4) is 0 Å². The molecule has 0 unspecified atom stereocenters. The van der Waals surface area contributed by atoms with Gasteiger partial charge < -0.3 is 10.6 Å². The van der Waals surface area contributed by atoms with Gasteiger partial charge in [0.25, 0.3) is 5.91 Å². The normalized spacial score (nSPS) is 11.1. The van der Waals surface area contributed by atoms with Crippen molar-refractivity contribution < 1.29 is 18.0 Å². The van der Waals surface area contributed by atoms with Crippen molar-refractivity contribution in [3.05, 3.63) is 83.8 Å². The van der Waals surface area contributed by atoms with Crippen molar-refractivity contribution in [3.63, 3.8) is 0 Å². The number of halogens is 3. The van der Waals surface area contributed by atoms with Crippen LogP contribution in [0.4, 0.5) is 24.7 Å². The molecule has 0 atom stereocenters. The molecule has 3 aromatic rings. The van der Waals surface area contributed by atoms with Gasteiger partial charge in [-0.25, -0.2) is 4.98 Å². The van der Waals surface area contributed by atoms with Gasteiger partial charge in [-0.2, -0.15) is 13.2 Å². The van der Waals surface area contributed by atoms with Gasteiger partial charge in [0, 0.05) is 23.6 Å². The quantitative estimate of drug-likeness (QED) is 0.706. The van der Waals surface area contributed by atoms with Crippen molar-refractivity contribution in [1.29, 1.82) is 0 Å². The van der Waals surface area contributed by atoms with Crippen LogP contribution in [0.25, 0.3) is 0 Å². The Hall–Kier alpha value is -3.42. The number of pyridine rings is 2. The molecule has 27 heavy (non-hydrogen) atoms. The molecule has 2 aromatic heterocycles. The fourth-order valence-electron chi connectivity index (χ4n) is 2.34. The summed E-state index contributed by atoms with van der Waals surface area (Å²) < 4.78 is 38.4. The molecular weight excluding hydrogens is 357 g/mol. The number of amides is 1. The molecule has 8 heteroatoms. The van der Waals surface area contributed by atoms with Gasteiger partial charge in [0.05, 0.1) is 17.8 Å². The molecule has 0 aliphatic carbocycles. The molecule has 3 rings (SSSR count). The number of nitrogens with one attached hydrogen (secondary N) is 2. The van der Waals surface area contributed by atoms with Crippen molar-refractivity contribution >= 4 is 17.4 Å². The highest BCUT2D eigenvalue weighted by Crippen LogP contribution is 2.31. The van der Waals surface area contributed by atoms with Crippen LogP contribution >= 0.6 is 0 Å². The Morgan fingerprint density at radius 2 is 1.81 bits per heavy atom. The number of alkyl halides is 3. The first-order chi connectivity index (χ1) is 12.9. The second kappa shape index (κ2) is 7.86. The highest BCUT2D eigenvalue weighted by molar-refractivity contribution is 5.94. The van der Waals surface area contributed by atoms with E-state index in [0.29, 0.717) is 11.3 Å². The third-order valence-corrected chi connectivity index (χ3v) is 3.64. The lowest BCUT2D eigenvalue weighted by molar-refractivity contribution is -0.137. The van der Waals surface area contributed by atoms with Crippen molar-refractivity contribution in [2.75, 3.05) is 5.32 Å². The fourth-order valence-corrected chi connectivity index (χ4v) is 2.34. The van der Waals surface area contributed by atoms with E-state index < -0.39 is 11.7 Å². The van der Waals surface area contributed by atoms with E-state index in [1.807, 2.05) is 6.07 Å². The largest absolute Gasteiger partial charge is 0.416 e. The molecule has 138 valence electrons. The predicted molar refractivity (Wildman–Crippen MR) is 94.4 cm³/mol. The van der Waals surface area contributed by atoms with Crippen molar-refractivity contribution in [3.8, 4) is 0 Å². The zero-order valence-corrected chi connectivity index (χ0v) is 14.0. The van der Waals surface area contributed by atoms with Crippen LogP contribution in [0.2, 0.25) is 0 Å². The topological polar surface area (TPSA) is 66.9 Å². The van der Waals surface area contributed by atoms with E-state index in [4.69, 9.17) is 0 Å². The molecule has 1 aromatic carbocycles. The second-order valence-electron chi connectivity index (χ2n) is 5.64. The van der Waals surface area contributed by atoms with Crippen LogP contribution in [0.5, 0.6) is 0 Å². The number of aromatic nitrogens is 2. The minimum Gasteiger partial charge on any atom is -0.346 e. The number of hydrogen-bond donors (Lipinski definition) is 2. The zero-order valence-electron chi connectivity index (χ0n) is 14.0. The lowest BCUT2D eigenvalue weighted by Gasteiger charge is -2.11. The van der Waals surface area contributed by atoms with Crippen LogP contribution < -0.4 is 10.6 Å². The number of carbonyl (C=O) groups excluding carboxylic acids is 1. The molecule has 1 amide bonds. The minimum atomic E-state index is -4.43. The van der Waals surface area contributed by atoms with Gasteiger partial charge in [-0.1, -0.05) is 12.1 Å². The first-order valence-corrected chi connectivity index (χ1v) is 8.00. The average molecular weight is 372 g/mol. The molecule has 0 radical (unpaired) electrons. The van der Waals surface area contributed by atoms with Gasteiger partial charge in [0.2, 0.25) is 0 Å². The van der Waals surface area contributed by atoms with Gasteiger partial charge in [0.15, 0.2) is 0 Å². The van der Waals surface area contributed by atoms with E-state index in [2.05, 4.69) is 20.6 Å². The van der Waals surface area contributed by atoms with E-state index in [0.717, 1.165) is 12.1 Å². The van der Waals surface area contributed by atoms with Crippen LogP contribution in [0, 0.1) is 0 Å². The summed E-state index contributed by atoms with van der Waals surface area (Å²) in [6.45, 7) is 0.262. The number of nitrogens with zero attached hydrogens (tertiary/aromatic N) is 2. The van der Waals surface area contributed by atoms with Crippen molar-refractivity contribution in [2.45, 2.75) is 12.7 Å². The first-order valence-electron chi connectivity index (χ1n) is 8.00. The number of carbonyl (C=O) groups is 1. The lowest BCUT2D eigenvalue weighted by atomic mass is 10.2. The summed E-state index contributed by atoms with van der Waals surface area (Å²) in [4.78, 5) is 20.4. The number of hydrogen-bond acceptors (Lipinski definition) is 4. The van der Waals surface area contributed by atoms with Gasteiger partial charge in [-0.05, 0) is 42.5 Å². The molecular formula is C19H15F3N4O. The molecule has 0 spiro atoms. The zero-order chi connectivity index (χ0) is 19.3. The summed E-state index contributed by atoms with van der Waals surface area (Å²) in [6, 6.07) is 13.1. The second-order valence-corrected chi connectivity index (χ2v) is 5.64. The maximum Gasteiger partial charge on any atom is 0.416 e. The summed E-state index contributed by atoms with van der Waals surface area (Å²) in [5, 5.41) is 5.51. The van der Waals surface area contributed by atoms with Gasteiger partial charge in [-0.3, -0.25) is 9.78 Å². The number of benzene rings is 1. The number of rotatable bonds is 5. The van der Waals surface area contributed by atoms with Gasteiger partial charge in [-0.15, -0.1) is 0 Å². The summed E-state index contributed by atoms with van der Waals surface area (Å²) in [5.74, 6) is -0.0741. The standard InChI is InChI=1S/C19H15F3N4O/c20-19(21,22)14-4-3-6-15(11-14)26-17-10-13(7-9-24-17)18(27)25-12-16-5-1-2-8-23-16/h1-11H,12H2,(H,24,26)(H,25,27). The Morgan fingerprint density at radius 1 is 0.963 bits per heavy atom. The summed E-state index contributed by atoms with van der Waals surface area (Å²) in [6.07, 6.45) is -1.39. The SMILES string of the molecule is O=C(NCc1ccccn1)c1ccnc(Nc2cccc(C(F)(F)F)c2)c1. The molecule has 2 N–H and O–H groups in total. The first kappa shape index (κ1) is 18.4. The molecule has 0 aliphatic heterocycles. The Bertz CT molecular complexity index is 929. The molecule has 5 nitrogen and oxygen atoms in total. The molecule has 0 saturated heterocycles.